The molecule has 0 bridgehead atoms. The Labute approximate surface area is 400 Å². The molecule has 0 aliphatic carbocycles. The topological polar surface area (TPSA) is 51.6 Å². The highest BCUT2D eigenvalue weighted by Gasteiger charge is 2.40. The highest BCUT2D eigenvalue weighted by atomic mass is 19.4. The fourth-order valence-electron chi connectivity index (χ4n) is 9.48. The van der Waals surface area contributed by atoms with Gasteiger partial charge in [-0.15, -0.1) is 0 Å². The lowest BCUT2D eigenvalue weighted by Crippen LogP contribution is -2.13. The fourth-order valence-corrected chi connectivity index (χ4v) is 9.48. The average molecular weight is 1040 g/mol. The van der Waals surface area contributed by atoms with E-state index in [1.54, 1.807) is 0 Å². The second kappa shape index (κ2) is 15.7. The molecule has 0 saturated carbocycles. The normalized spacial score (nSPS) is 13.5. The van der Waals surface area contributed by atoms with Crippen molar-refractivity contribution in [3.8, 4) is 44.5 Å². The zero-order valence-corrected chi connectivity index (χ0v) is 36.1. The summed E-state index contributed by atoms with van der Waals surface area (Å²) in [6.07, 6.45) is -30.2. The Kier molecular flexibility index (Phi) is 10.3. The molecule has 0 saturated heterocycles. The molecular formula is C52H20F18N4. The molecule has 0 amide bonds. The summed E-state index contributed by atoms with van der Waals surface area (Å²) < 4.78 is 257. The van der Waals surface area contributed by atoms with Crippen molar-refractivity contribution in [2.45, 2.75) is 37.1 Å². The maximum Gasteiger partial charge on any atom is 0.451 e. The molecule has 0 aliphatic rings. The van der Waals surface area contributed by atoms with Gasteiger partial charge in [0.15, 0.2) is 0 Å². The third kappa shape index (κ3) is 7.83. The van der Waals surface area contributed by atoms with Crippen molar-refractivity contribution in [1.29, 1.82) is 0 Å². The summed E-state index contributed by atoms with van der Waals surface area (Å²) in [5.41, 5.74) is -8.58. The highest BCUT2D eigenvalue weighted by molar-refractivity contribution is 6.42. The van der Waals surface area contributed by atoms with Crippen LogP contribution < -0.4 is 0 Å². The molecule has 0 radical (unpaired) electrons. The molecule has 0 spiro atoms. The van der Waals surface area contributed by atoms with Crippen LogP contribution in [0.4, 0.5) is 79.0 Å². The Bertz CT molecular complexity index is 3540. The number of fused-ring (bicyclic) bond motifs is 2. The molecule has 11 rings (SSSR count). The van der Waals surface area contributed by atoms with Crippen molar-refractivity contribution >= 4 is 65.2 Å². The largest absolute Gasteiger partial charge is 0.451 e. The molecule has 0 unspecified atom stereocenters. The van der Waals surface area contributed by atoms with Gasteiger partial charge in [-0.1, -0.05) is 48.5 Å². The Balaban J connectivity index is 1.40. The smallest absolute Gasteiger partial charge is 0.224 e. The predicted molar refractivity (Wildman–Crippen MR) is 237 cm³/mol. The number of aromatic nitrogens is 4. The van der Waals surface area contributed by atoms with E-state index in [1.165, 1.54) is 24.3 Å². The van der Waals surface area contributed by atoms with Crippen LogP contribution >= 0.6 is 0 Å². The van der Waals surface area contributed by atoms with Gasteiger partial charge in [-0.05, 0) is 117 Å². The van der Waals surface area contributed by atoms with Crippen molar-refractivity contribution in [2.24, 2.45) is 0 Å². The van der Waals surface area contributed by atoms with Crippen LogP contribution in [-0.2, 0) is 37.1 Å². The molecule has 4 nitrogen and oxygen atoms in total. The van der Waals surface area contributed by atoms with Crippen LogP contribution in [0.5, 0.6) is 0 Å². The molecule has 9 aromatic carbocycles. The maximum absolute atomic E-state index is 15.0. The Hall–Kier alpha value is -8.04. The first-order chi connectivity index (χ1) is 34.5. The van der Waals surface area contributed by atoms with Crippen LogP contribution in [0.15, 0.2) is 121 Å². The molecule has 0 aliphatic heterocycles. The van der Waals surface area contributed by atoms with E-state index in [0.717, 1.165) is 48.5 Å². The van der Waals surface area contributed by atoms with Crippen molar-refractivity contribution in [3.05, 3.63) is 155 Å². The van der Waals surface area contributed by atoms with Gasteiger partial charge >= 0.3 is 37.1 Å². The van der Waals surface area contributed by atoms with Gasteiger partial charge in [0.2, 0.25) is 11.6 Å². The van der Waals surface area contributed by atoms with Gasteiger partial charge in [-0.2, -0.15) is 79.0 Å². The first kappa shape index (κ1) is 48.2. The lowest BCUT2D eigenvalue weighted by atomic mass is 9.81. The number of hydrogen-bond donors (Lipinski definition) is 0. The zero-order chi connectivity index (χ0) is 53.0. The summed E-state index contributed by atoms with van der Waals surface area (Å²) in [5.74, 6) is -3.56. The Morgan fingerprint density at radius 2 is 0.419 bits per heavy atom. The Morgan fingerprint density at radius 1 is 0.230 bits per heavy atom. The molecule has 11 aromatic rings. The quantitative estimate of drug-likeness (QED) is 0.100. The van der Waals surface area contributed by atoms with Crippen LogP contribution in [0.2, 0.25) is 0 Å². The molecule has 22 heteroatoms. The molecule has 374 valence electrons. The van der Waals surface area contributed by atoms with E-state index >= 15 is 0 Å². The number of nitrogens with zero attached hydrogens (tertiary/aromatic N) is 4. The fraction of sp³-hybridized carbons (Fsp3) is 0.115. The minimum absolute atomic E-state index is 0.000709. The van der Waals surface area contributed by atoms with E-state index in [2.05, 4.69) is 19.9 Å². The van der Waals surface area contributed by atoms with E-state index in [0.29, 0.717) is 48.5 Å². The van der Waals surface area contributed by atoms with E-state index in [-0.39, 0.29) is 87.6 Å². The third-order valence-electron chi connectivity index (χ3n) is 12.8. The first-order valence-corrected chi connectivity index (χ1v) is 21.3. The second-order valence-electron chi connectivity index (χ2n) is 17.2. The highest BCUT2D eigenvalue weighted by Crippen LogP contribution is 2.53. The van der Waals surface area contributed by atoms with E-state index in [1.807, 2.05) is 0 Å². The third-order valence-corrected chi connectivity index (χ3v) is 12.8. The molecule has 0 N–H and O–H groups in total. The lowest BCUT2D eigenvalue weighted by molar-refractivity contribution is -0.145. The van der Waals surface area contributed by atoms with Crippen molar-refractivity contribution in [2.75, 3.05) is 0 Å². The van der Waals surface area contributed by atoms with Crippen LogP contribution in [0.3, 0.4) is 0 Å². The van der Waals surface area contributed by atoms with E-state index in [9.17, 15) is 79.0 Å². The molecule has 0 fully saturated rings. The van der Waals surface area contributed by atoms with Gasteiger partial charge in [-0.25, -0.2) is 19.9 Å². The van der Waals surface area contributed by atoms with Gasteiger partial charge in [0.1, 0.15) is 0 Å². The number of hydrogen-bond acceptors (Lipinski definition) is 4. The monoisotopic (exact) mass is 1040 g/mol. The van der Waals surface area contributed by atoms with E-state index < -0.39 is 93.0 Å². The molecular weight excluding hydrogens is 1020 g/mol. The van der Waals surface area contributed by atoms with E-state index in [4.69, 9.17) is 0 Å². The van der Waals surface area contributed by atoms with Gasteiger partial charge in [-0.3, -0.25) is 0 Å². The first-order valence-electron chi connectivity index (χ1n) is 21.3. The van der Waals surface area contributed by atoms with Crippen LogP contribution in [0.25, 0.3) is 110 Å². The van der Waals surface area contributed by atoms with Gasteiger partial charge in [0.05, 0.1) is 44.3 Å². The summed E-state index contributed by atoms with van der Waals surface area (Å²) in [5, 5.41) is -0.524. The van der Waals surface area contributed by atoms with Crippen molar-refractivity contribution in [1.82, 2.24) is 19.9 Å². The van der Waals surface area contributed by atoms with Gasteiger partial charge < -0.3 is 0 Å². The standard InChI is InChI=1S/C52H20F18N4/c53-47(54,55)25-9-1-21(2-10-25)29-17-33-34-18-31(23-5-13-27(14-6-23)49(59,60)61)43-40-38(34)36(20-32(44(40)74-46(73-43)52(68,69)70)24-7-15-28(16-8-24)50(62,63)64)35-19-30(22-3-11-26(12-4-22)48(56,57)58)42-39(37(33)35)41(29)71-45(72-42)51(65,66)67/h1-20H. The average Bonchev–Trinajstić information content (AvgIpc) is 3.33. The minimum Gasteiger partial charge on any atom is -0.224 e. The van der Waals surface area contributed by atoms with Crippen LogP contribution in [-0.4, -0.2) is 19.9 Å². The van der Waals surface area contributed by atoms with Crippen molar-refractivity contribution < 1.29 is 79.0 Å². The number of halogens is 18. The SMILES string of the molecule is FC(F)(F)c1ccc(-c2cc3c4cc(-c5ccc(C(F)(F)F)cc5)c5nc(C(F)(F)F)nc6c(-c7ccc(C(F)(F)F)cc7)cc(c7cc(-c8ccc(C(F)(F)F)cc8)c8nc(C(F)(F)F)nc2c8c37)c4c56)cc1. The zero-order valence-electron chi connectivity index (χ0n) is 36.1. The second-order valence-corrected chi connectivity index (χ2v) is 17.2. The minimum atomic E-state index is -5.33. The molecule has 74 heavy (non-hydrogen) atoms. The number of alkyl halides is 18. The summed E-state index contributed by atoms with van der Waals surface area (Å²) >= 11 is 0. The summed E-state index contributed by atoms with van der Waals surface area (Å²) in [7, 11) is 0. The maximum atomic E-state index is 15.0. The van der Waals surface area contributed by atoms with Crippen LogP contribution in [0.1, 0.15) is 33.9 Å². The molecule has 0 atom stereocenters. The lowest BCUT2D eigenvalue weighted by Gasteiger charge is -2.24. The number of rotatable bonds is 4. The summed E-state index contributed by atoms with van der Waals surface area (Å²) in [4.78, 5) is 15.6. The Morgan fingerprint density at radius 3 is 0.581 bits per heavy atom. The van der Waals surface area contributed by atoms with Crippen molar-refractivity contribution in [3.63, 3.8) is 0 Å². The predicted octanol–water partition coefficient (Wildman–Crippen LogP) is 17.8. The summed E-state index contributed by atoms with van der Waals surface area (Å²) in [6.45, 7) is 0. The van der Waals surface area contributed by atoms with Gasteiger partial charge in [0.25, 0.3) is 0 Å². The molecule has 2 heterocycles. The number of benzene rings is 9. The summed E-state index contributed by atoms with van der Waals surface area (Å²) in [6, 6.07) is 17.5. The van der Waals surface area contributed by atoms with Gasteiger partial charge in [0, 0.05) is 43.8 Å². The van der Waals surface area contributed by atoms with Crippen LogP contribution in [0, 0.1) is 0 Å². The molecule has 2 aromatic heterocycles.